The zero-order valence-corrected chi connectivity index (χ0v) is 13.6. The van der Waals surface area contributed by atoms with Gasteiger partial charge in [-0.1, -0.05) is 33.1 Å². The summed E-state index contributed by atoms with van der Waals surface area (Å²) in [7, 11) is 0. The Morgan fingerprint density at radius 1 is 1.29 bits per heavy atom. The van der Waals surface area contributed by atoms with Crippen LogP contribution in [0.4, 0.5) is 4.79 Å². The number of piperidine rings is 1. The van der Waals surface area contributed by atoms with E-state index in [4.69, 9.17) is 5.11 Å². The maximum absolute atomic E-state index is 12.4. The van der Waals surface area contributed by atoms with Crippen LogP contribution < -0.4 is 5.32 Å². The molecule has 0 aliphatic carbocycles. The molecule has 1 saturated heterocycles. The predicted octanol–water partition coefficient (Wildman–Crippen LogP) is 3.24. The molecule has 0 spiro atoms. The minimum atomic E-state index is -0.742. The van der Waals surface area contributed by atoms with Gasteiger partial charge in [-0.2, -0.15) is 0 Å². The van der Waals surface area contributed by atoms with Crippen LogP contribution in [-0.2, 0) is 4.79 Å². The van der Waals surface area contributed by atoms with Gasteiger partial charge in [0.2, 0.25) is 0 Å². The number of likely N-dealkylation sites (tertiary alicyclic amines) is 1. The Bertz CT molecular complexity index is 346. The summed E-state index contributed by atoms with van der Waals surface area (Å²) in [6.07, 6.45) is 6.46. The molecule has 1 fully saturated rings. The number of hydrogen-bond donors (Lipinski definition) is 2. The molecule has 1 rings (SSSR count). The van der Waals surface area contributed by atoms with Crippen molar-refractivity contribution in [2.24, 2.45) is 5.92 Å². The van der Waals surface area contributed by atoms with Gasteiger partial charge in [-0.05, 0) is 32.6 Å². The normalized spacial score (nSPS) is 23.7. The van der Waals surface area contributed by atoms with Crippen LogP contribution in [0.25, 0.3) is 0 Å². The lowest BCUT2D eigenvalue weighted by molar-refractivity contribution is -0.143. The van der Waals surface area contributed by atoms with Gasteiger partial charge in [0.15, 0.2) is 0 Å². The molecule has 122 valence electrons. The van der Waals surface area contributed by atoms with Crippen LogP contribution in [0.1, 0.15) is 65.7 Å². The molecule has 5 heteroatoms. The number of aliphatic carboxylic acids is 1. The van der Waals surface area contributed by atoms with Crippen molar-refractivity contribution in [3.05, 3.63) is 0 Å². The number of hydrogen-bond acceptors (Lipinski definition) is 2. The average Bonchev–Trinajstić information content (AvgIpc) is 2.44. The van der Waals surface area contributed by atoms with E-state index in [9.17, 15) is 9.59 Å². The molecule has 0 bridgehead atoms. The summed E-state index contributed by atoms with van der Waals surface area (Å²) >= 11 is 0. The molecule has 0 aromatic heterocycles. The van der Waals surface area contributed by atoms with Gasteiger partial charge in [-0.25, -0.2) is 4.79 Å². The van der Waals surface area contributed by atoms with Crippen LogP contribution in [0.15, 0.2) is 0 Å². The van der Waals surface area contributed by atoms with Crippen LogP contribution in [0.2, 0.25) is 0 Å². The monoisotopic (exact) mass is 298 g/mol. The Labute approximate surface area is 128 Å². The third-order valence-corrected chi connectivity index (χ3v) is 4.36. The highest BCUT2D eigenvalue weighted by Crippen LogP contribution is 2.23. The molecule has 21 heavy (non-hydrogen) atoms. The van der Waals surface area contributed by atoms with Crippen LogP contribution in [-0.4, -0.2) is 40.6 Å². The maximum Gasteiger partial charge on any atom is 0.317 e. The molecule has 1 heterocycles. The van der Waals surface area contributed by atoms with Gasteiger partial charge in [0.25, 0.3) is 0 Å². The van der Waals surface area contributed by atoms with Crippen molar-refractivity contribution in [1.29, 1.82) is 0 Å². The molecule has 5 nitrogen and oxygen atoms in total. The summed E-state index contributed by atoms with van der Waals surface area (Å²) < 4.78 is 0. The van der Waals surface area contributed by atoms with E-state index in [2.05, 4.69) is 19.2 Å². The minimum absolute atomic E-state index is 0.00620. The lowest BCUT2D eigenvalue weighted by atomic mass is 9.92. The lowest BCUT2D eigenvalue weighted by Gasteiger charge is -2.37. The summed E-state index contributed by atoms with van der Waals surface area (Å²) in [5, 5.41) is 12.2. The Morgan fingerprint density at radius 3 is 2.52 bits per heavy atom. The highest BCUT2D eigenvalue weighted by Gasteiger charge is 2.32. The number of carboxylic acids is 1. The number of unbranched alkanes of at least 4 members (excludes halogenated alkanes) is 1. The standard InChI is InChI=1S/C16H30N2O3/c1-4-6-8-14(7-5-2)17-16(21)18-10-9-13(15(19)20)11-12(18)3/h12-14H,4-11H2,1-3H3,(H,17,21)(H,19,20). The van der Waals surface area contributed by atoms with E-state index in [1.807, 2.05) is 6.92 Å². The first-order valence-corrected chi connectivity index (χ1v) is 8.29. The zero-order chi connectivity index (χ0) is 15.8. The second-order valence-corrected chi connectivity index (χ2v) is 6.18. The number of carbonyl (C=O) groups is 2. The van der Waals surface area contributed by atoms with E-state index in [1.165, 1.54) is 0 Å². The summed E-state index contributed by atoms with van der Waals surface area (Å²) in [5.74, 6) is -1.05. The second-order valence-electron chi connectivity index (χ2n) is 6.18. The lowest BCUT2D eigenvalue weighted by Crippen LogP contribution is -2.52. The summed E-state index contributed by atoms with van der Waals surface area (Å²) in [5.41, 5.74) is 0. The van der Waals surface area contributed by atoms with Gasteiger partial charge in [0, 0.05) is 18.6 Å². The molecule has 1 aliphatic heterocycles. The van der Waals surface area contributed by atoms with Gasteiger partial charge in [-0.3, -0.25) is 4.79 Å². The molecule has 2 N–H and O–H groups in total. The largest absolute Gasteiger partial charge is 0.481 e. The highest BCUT2D eigenvalue weighted by molar-refractivity contribution is 5.76. The highest BCUT2D eigenvalue weighted by atomic mass is 16.4. The molecule has 3 unspecified atom stereocenters. The maximum atomic E-state index is 12.4. The zero-order valence-electron chi connectivity index (χ0n) is 13.6. The van der Waals surface area contributed by atoms with Crippen molar-refractivity contribution in [3.8, 4) is 0 Å². The van der Waals surface area contributed by atoms with Crippen molar-refractivity contribution in [2.75, 3.05) is 6.54 Å². The first-order valence-electron chi connectivity index (χ1n) is 8.29. The summed E-state index contributed by atoms with van der Waals surface area (Å²) in [4.78, 5) is 25.2. The fourth-order valence-electron chi connectivity index (χ4n) is 3.04. The predicted molar refractivity (Wildman–Crippen MR) is 83.3 cm³/mol. The molecular formula is C16H30N2O3. The second kappa shape index (κ2) is 8.90. The van der Waals surface area contributed by atoms with Gasteiger partial charge in [0.1, 0.15) is 0 Å². The Balaban J connectivity index is 2.51. The molecule has 0 aromatic carbocycles. The Morgan fingerprint density at radius 2 is 2.00 bits per heavy atom. The van der Waals surface area contributed by atoms with Crippen LogP contribution in [0, 0.1) is 5.92 Å². The van der Waals surface area contributed by atoms with Gasteiger partial charge >= 0.3 is 12.0 Å². The Kier molecular flexibility index (Phi) is 7.54. The molecule has 0 radical (unpaired) electrons. The van der Waals surface area contributed by atoms with E-state index in [0.717, 1.165) is 32.1 Å². The van der Waals surface area contributed by atoms with Gasteiger partial charge < -0.3 is 15.3 Å². The quantitative estimate of drug-likeness (QED) is 0.758. The summed E-state index contributed by atoms with van der Waals surface area (Å²) in [6.45, 7) is 6.77. The third-order valence-electron chi connectivity index (χ3n) is 4.36. The van der Waals surface area contributed by atoms with Crippen LogP contribution in [0.3, 0.4) is 0 Å². The number of nitrogens with zero attached hydrogens (tertiary/aromatic N) is 1. The first-order chi connectivity index (χ1) is 9.99. The van der Waals surface area contributed by atoms with Crippen LogP contribution in [0.5, 0.6) is 0 Å². The summed E-state index contributed by atoms with van der Waals surface area (Å²) in [6, 6.07) is 0.209. The molecule has 2 amide bonds. The van der Waals surface area contributed by atoms with Crippen molar-refractivity contribution in [3.63, 3.8) is 0 Å². The van der Waals surface area contributed by atoms with E-state index in [-0.39, 0.29) is 24.0 Å². The SMILES string of the molecule is CCCCC(CCC)NC(=O)N1CCC(C(=O)O)CC1C. The average molecular weight is 298 g/mol. The Hall–Kier alpha value is -1.26. The van der Waals surface area contributed by atoms with E-state index in [0.29, 0.717) is 19.4 Å². The number of carboxylic acid groups (broad SMARTS) is 1. The van der Waals surface area contributed by atoms with Crippen molar-refractivity contribution in [2.45, 2.75) is 77.8 Å². The topological polar surface area (TPSA) is 69.6 Å². The van der Waals surface area contributed by atoms with E-state index < -0.39 is 5.97 Å². The van der Waals surface area contributed by atoms with E-state index >= 15 is 0 Å². The van der Waals surface area contributed by atoms with Crippen LogP contribution >= 0.6 is 0 Å². The molecule has 0 saturated carbocycles. The fourth-order valence-corrected chi connectivity index (χ4v) is 3.04. The number of nitrogens with one attached hydrogen (secondary N) is 1. The van der Waals surface area contributed by atoms with Crippen molar-refractivity contribution < 1.29 is 14.7 Å². The third kappa shape index (κ3) is 5.56. The van der Waals surface area contributed by atoms with E-state index in [1.54, 1.807) is 4.90 Å². The fraction of sp³-hybridized carbons (Fsp3) is 0.875. The molecular weight excluding hydrogens is 268 g/mol. The molecule has 0 aromatic rings. The molecule has 3 atom stereocenters. The molecule has 1 aliphatic rings. The minimum Gasteiger partial charge on any atom is -0.481 e. The van der Waals surface area contributed by atoms with Gasteiger partial charge in [0.05, 0.1) is 5.92 Å². The van der Waals surface area contributed by atoms with Crippen molar-refractivity contribution in [1.82, 2.24) is 10.2 Å². The number of carbonyl (C=O) groups excluding carboxylic acids is 1. The first kappa shape index (κ1) is 17.8. The number of urea groups is 1. The number of rotatable bonds is 7. The smallest absolute Gasteiger partial charge is 0.317 e. The van der Waals surface area contributed by atoms with Crippen molar-refractivity contribution >= 4 is 12.0 Å². The van der Waals surface area contributed by atoms with Gasteiger partial charge in [-0.15, -0.1) is 0 Å². The number of amides is 2.